The van der Waals surface area contributed by atoms with E-state index < -0.39 is 0 Å². The highest BCUT2D eigenvalue weighted by Gasteiger charge is 2.29. The van der Waals surface area contributed by atoms with Gasteiger partial charge in [-0.15, -0.1) is 0 Å². The lowest BCUT2D eigenvalue weighted by Crippen LogP contribution is -2.39. The van der Waals surface area contributed by atoms with E-state index in [4.69, 9.17) is 23.2 Å². The average molecular weight is 306 g/mol. The fourth-order valence-electron chi connectivity index (χ4n) is 2.70. The van der Waals surface area contributed by atoms with E-state index in [1.807, 2.05) is 30.3 Å². The number of hydrogen-bond acceptors (Lipinski definition) is 1. The van der Waals surface area contributed by atoms with Crippen LogP contribution in [0.4, 0.5) is 0 Å². The summed E-state index contributed by atoms with van der Waals surface area (Å²) in [5.41, 5.74) is 2.64. The largest absolute Gasteiger partial charge is 0.310 e. The lowest BCUT2D eigenvalue weighted by Gasteiger charge is -2.36. The highest BCUT2D eigenvalue weighted by atomic mass is 35.5. The van der Waals surface area contributed by atoms with Gasteiger partial charge in [-0.25, -0.2) is 0 Å². The molecule has 1 nitrogen and oxygen atoms in total. The van der Waals surface area contributed by atoms with Gasteiger partial charge in [0, 0.05) is 22.6 Å². The van der Waals surface area contributed by atoms with Crippen LogP contribution in [0.1, 0.15) is 29.9 Å². The molecule has 1 fully saturated rings. The van der Waals surface area contributed by atoms with Gasteiger partial charge in [0.25, 0.3) is 0 Å². The molecule has 3 rings (SSSR count). The smallest absolute Gasteiger partial charge is 0.0409 e. The molecule has 1 N–H and O–H groups in total. The Labute approximate surface area is 129 Å². The molecule has 0 aromatic heterocycles. The SMILES string of the molecule is Clc1ccc(C2CC(NCc3cccc(Cl)c3)C2)cc1. The number of benzene rings is 2. The number of hydrogen-bond donors (Lipinski definition) is 1. The van der Waals surface area contributed by atoms with Crippen LogP contribution in [-0.2, 0) is 6.54 Å². The van der Waals surface area contributed by atoms with Crippen molar-refractivity contribution in [2.24, 2.45) is 0 Å². The van der Waals surface area contributed by atoms with Crippen LogP contribution < -0.4 is 5.32 Å². The Morgan fingerprint density at radius 2 is 1.70 bits per heavy atom. The summed E-state index contributed by atoms with van der Waals surface area (Å²) >= 11 is 11.9. The third-order valence-corrected chi connectivity index (χ3v) is 4.45. The molecule has 0 radical (unpaired) electrons. The normalized spacial score (nSPS) is 21.5. The minimum atomic E-state index is 0.606. The predicted molar refractivity (Wildman–Crippen MR) is 85.5 cm³/mol. The van der Waals surface area contributed by atoms with Crippen molar-refractivity contribution in [1.82, 2.24) is 5.32 Å². The van der Waals surface area contributed by atoms with Crippen LogP contribution in [0.15, 0.2) is 48.5 Å². The third-order valence-electron chi connectivity index (χ3n) is 3.96. The zero-order valence-corrected chi connectivity index (χ0v) is 12.7. The molecular formula is C17H17Cl2N. The number of nitrogens with one attached hydrogen (secondary N) is 1. The maximum absolute atomic E-state index is 5.99. The molecule has 1 aliphatic carbocycles. The minimum absolute atomic E-state index is 0.606. The molecule has 0 spiro atoms. The molecule has 3 heteroatoms. The highest BCUT2D eigenvalue weighted by molar-refractivity contribution is 6.30. The molecule has 0 heterocycles. The summed E-state index contributed by atoms with van der Waals surface area (Å²) in [5, 5.41) is 5.20. The first-order valence-electron chi connectivity index (χ1n) is 6.94. The Bertz CT molecular complexity index is 574. The summed E-state index contributed by atoms with van der Waals surface area (Å²) in [6.45, 7) is 0.887. The van der Waals surface area contributed by atoms with Gasteiger partial charge in [-0.3, -0.25) is 0 Å². The summed E-state index contributed by atoms with van der Waals surface area (Å²) in [7, 11) is 0. The van der Waals surface area contributed by atoms with E-state index in [1.54, 1.807) is 0 Å². The predicted octanol–water partition coefficient (Wildman–Crippen LogP) is 5.03. The summed E-state index contributed by atoms with van der Waals surface area (Å²) in [4.78, 5) is 0. The van der Waals surface area contributed by atoms with Crippen molar-refractivity contribution in [3.8, 4) is 0 Å². The quantitative estimate of drug-likeness (QED) is 0.835. The van der Waals surface area contributed by atoms with Crippen LogP contribution >= 0.6 is 23.2 Å². The molecule has 20 heavy (non-hydrogen) atoms. The van der Waals surface area contributed by atoms with Crippen molar-refractivity contribution in [3.05, 3.63) is 69.7 Å². The first-order valence-corrected chi connectivity index (χ1v) is 7.69. The van der Waals surface area contributed by atoms with Crippen LogP contribution in [0.3, 0.4) is 0 Å². The fraction of sp³-hybridized carbons (Fsp3) is 0.294. The first-order chi connectivity index (χ1) is 9.70. The first kappa shape index (κ1) is 13.9. The molecule has 1 saturated carbocycles. The van der Waals surface area contributed by atoms with Gasteiger partial charge in [0.1, 0.15) is 0 Å². The second-order valence-corrected chi connectivity index (χ2v) is 6.30. The minimum Gasteiger partial charge on any atom is -0.310 e. The molecule has 0 saturated heterocycles. The van der Waals surface area contributed by atoms with Crippen molar-refractivity contribution in [1.29, 1.82) is 0 Å². The van der Waals surface area contributed by atoms with Gasteiger partial charge in [0.05, 0.1) is 0 Å². The lowest BCUT2D eigenvalue weighted by atomic mass is 9.76. The number of halogens is 2. The van der Waals surface area contributed by atoms with Crippen LogP contribution in [0.5, 0.6) is 0 Å². The van der Waals surface area contributed by atoms with Crippen molar-refractivity contribution < 1.29 is 0 Å². The molecule has 0 aliphatic heterocycles. The summed E-state index contributed by atoms with van der Waals surface area (Å²) in [5.74, 6) is 0.670. The Kier molecular flexibility index (Phi) is 4.30. The molecular weight excluding hydrogens is 289 g/mol. The number of rotatable bonds is 4. The van der Waals surface area contributed by atoms with Gasteiger partial charge in [-0.1, -0.05) is 47.5 Å². The van der Waals surface area contributed by atoms with Gasteiger partial charge < -0.3 is 5.32 Å². The maximum atomic E-state index is 5.99. The Morgan fingerprint density at radius 3 is 2.40 bits per heavy atom. The fourth-order valence-corrected chi connectivity index (χ4v) is 3.04. The molecule has 2 aromatic carbocycles. The molecule has 0 atom stereocenters. The van der Waals surface area contributed by atoms with Gasteiger partial charge in [-0.05, 0) is 54.2 Å². The molecule has 1 aliphatic rings. The van der Waals surface area contributed by atoms with E-state index in [1.165, 1.54) is 24.0 Å². The molecule has 0 amide bonds. The maximum Gasteiger partial charge on any atom is 0.0409 e. The van der Waals surface area contributed by atoms with Crippen LogP contribution in [0, 0.1) is 0 Å². The molecule has 104 valence electrons. The van der Waals surface area contributed by atoms with Crippen molar-refractivity contribution in [3.63, 3.8) is 0 Å². The Morgan fingerprint density at radius 1 is 0.950 bits per heavy atom. The van der Waals surface area contributed by atoms with Crippen molar-refractivity contribution in [2.75, 3.05) is 0 Å². The molecule has 0 unspecified atom stereocenters. The topological polar surface area (TPSA) is 12.0 Å². The summed E-state index contributed by atoms with van der Waals surface area (Å²) in [6, 6.07) is 16.9. The van der Waals surface area contributed by atoms with Crippen molar-refractivity contribution >= 4 is 23.2 Å². The van der Waals surface area contributed by atoms with Gasteiger partial charge in [0.15, 0.2) is 0 Å². The van der Waals surface area contributed by atoms with Gasteiger partial charge in [-0.2, -0.15) is 0 Å². The van der Waals surface area contributed by atoms with E-state index in [0.717, 1.165) is 16.6 Å². The Hall–Kier alpha value is -1.02. The molecule has 0 bridgehead atoms. The third kappa shape index (κ3) is 3.35. The monoisotopic (exact) mass is 305 g/mol. The standard InChI is InChI=1S/C17H17Cl2N/c18-15-6-4-13(5-7-15)14-9-17(10-14)20-11-12-2-1-3-16(19)8-12/h1-8,14,17,20H,9-11H2. The summed E-state index contributed by atoms with van der Waals surface area (Å²) < 4.78 is 0. The average Bonchev–Trinajstić information content (AvgIpc) is 2.39. The second kappa shape index (κ2) is 6.17. The molecule has 2 aromatic rings. The zero-order valence-electron chi connectivity index (χ0n) is 11.2. The van der Waals surface area contributed by atoms with E-state index in [0.29, 0.717) is 12.0 Å². The van der Waals surface area contributed by atoms with Crippen molar-refractivity contribution in [2.45, 2.75) is 31.3 Å². The van der Waals surface area contributed by atoms with E-state index in [9.17, 15) is 0 Å². The lowest BCUT2D eigenvalue weighted by molar-refractivity contribution is 0.289. The van der Waals surface area contributed by atoms with E-state index in [2.05, 4.69) is 23.5 Å². The zero-order chi connectivity index (χ0) is 13.9. The van der Waals surface area contributed by atoms with E-state index in [-0.39, 0.29) is 0 Å². The van der Waals surface area contributed by atoms with Crippen LogP contribution in [0.25, 0.3) is 0 Å². The second-order valence-electron chi connectivity index (χ2n) is 5.43. The Balaban J connectivity index is 1.48. The van der Waals surface area contributed by atoms with Gasteiger partial charge in [0.2, 0.25) is 0 Å². The van der Waals surface area contributed by atoms with Crippen LogP contribution in [-0.4, -0.2) is 6.04 Å². The van der Waals surface area contributed by atoms with Crippen LogP contribution in [0.2, 0.25) is 10.0 Å². The van der Waals surface area contributed by atoms with Gasteiger partial charge >= 0.3 is 0 Å². The summed E-state index contributed by atoms with van der Waals surface area (Å²) in [6.07, 6.45) is 2.39. The van der Waals surface area contributed by atoms with E-state index >= 15 is 0 Å². The highest BCUT2D eigenvalue weighted by Crippen LogP contribution is 2.37.